The molecule has 9 heteroatoms. The van der Waals surface area contributed by atoms with Gasteiger partial charge in [0, 0.05) is 33.3 Å². The van der Waals surface area contributed by atoms with Crippen molar-refractivity contribution in [3.05, 3.63) is 0 Å². The fraction of sp³-hybridized carbons (Fsp3) is 0.938. The number of sulfonamides is 1. The molecule has 1 aliphatic rings. The second-order valence-electron chi connectivity index (χ2n) is 6.68. The summed E-state index contributed by atoms with van der Waals surface area (Å²) in [5.74, 6) is 1.81. The van der Waals surface area contributed by atoms with Crippen molar-refractivity contribution in [3.63, 3.8) is 0 Å². The van der Waals surface area contributed by atoms with Crippen LogP contribution in [0.5, 0.6) is 0 Å². The molecule has 3 N–H and O–H groups in total. The molecule has 1 fully saturated rings. The standard InChI is InChI=1S/C16H34N4O3S.HI/c1-14(2)7-10-23-11-8-18-16(17-3)19-9-12-24(21,22)20-13-15-5-4-6-15;/h14-15,20H,4-13H2,1-3H3,(H2,17,18,19);1H. The van der Waals surface area contributed by atoms with E-state index in [4.69, 9.17) is 4.74 Å². The van der Waals surface area contributed by atoms with Crippen LogP contribution < -0.4 is 15.4 Å². The van der Waals surface area contributed by atoms with E-state index >= 15 is 0 Å². The summed E-state index contributed by atoms with van der Waals surface area (Å²) in [4.78, 5) is 4.07. The number of guanidine groups is 1. The normalized spacial score (nSPS) is 15.6. The van der Waals surface area contributed by atoms with Crippen LogP contribution in [0.4, 0.5) is 0 Å². The Morgan fingerprint density at radius 1 is 1.20 bits per heavy atom. The summed E-state index contributed by atoms with van der Waals surface area (Å²) in [7, 11) is -1.55. The Morgan fingerprint density at radius 2 is 1.88 bits per heavy atom. The molecule has 0 saturated heterocycles. The van der Waals surface area contributed by atoms with Crippen molar-refractivity contribution >= 4 is 40.0 Å². The number of hydrogen-bond acceptors (Lipinski definition) is 4. The molecule has 0 aliphatic heterocycles. The first kappa shape index (κ1) is 24.9. The minimum absolute atomic E-state index is 0. The Morgan fingerprint density at radius 3 is 2.44 bits per heavy atom. The molecule has 0 aromatic heterocycles. The molecular weight excluding hydrogens is 455 g/mol. The average Bonchev–Trinajstić information content (AvgIpc) is 2.46. The summed E-state index contributed by atoms with van der Waals surface area (Å²) in [6.45, 7) is 7.25. The molecule has 0 aromatic rings. The number of hydrogen-bond donors (Lipinski definition) is 3. The minimum Gasteiger partial charge on any atom is -0.380 e. The molecule has 1 aliphatic carbocycles. The highest BCUT2D eigenvalue weighted by atomic mass is 127. The van der Waals surface area contributed by atoms with Gasteiger partial charge in [0.2, 0.25) is 10.0 Å². The molecule has 0 aromatic carbocycles. The van der Waals surface area contributed by atoms with E-state index < -0.39 is 10.0 Å². The Hall–Kier alpha value is -0.130. The number of nitrogens with zero attached hydrogens (tertiary/aromatic N) is 1. The Balaban J connectivity index is 0.00000576. The molecular formula is C16H35IN4O3S. The van der Waals surface area contributed by atoms with Crippen LogP contribution in [0.15, 0.2) is 4.99 Å². The van der Waals surface area contributed by atoms with E-state index in [9.17, 15) is 8.42 Å². The van der Waals surface area contributed by atoms with Crippen LogP contribution >= 0.6 is 24.0 Å². The quantitative estimate of drug-likeness (QED) is 0.167. The predicted molar refractivity (Wildman–Crippen MR) is 114 cm³/mol. The molecule has 0 radical (unpaired) electrons. The lowest BCUT2D eigenvalue weighted by molar-refractivity contribution is 0.128. The zero-order chi connectivity index (χ0) is 17.8. The lowest BCUT2D eigenvalue weighted by atomic mass is 9.86. The smallest absolute Gasteiger partial charge is 0.213 e. The van der Waals surface area contributed by atoms with E-state index in [2.05, 4.69) is 34.2 Å². The zero-order valence-corrected chi connectivity index (χ0v) is 18.9. The minimum atomic E-state index is -3.22. The van der Waals surface area contributed by atoms with E-state index in [1.807, 2.05) is 0 Å². The maximum absolute atomic E-state index is 11.9. The first-order valence-corrected chi connectivity index (χ1v) is 10.6. The van der Waals surface area contributed by atoms with Gasteiger partial charge in [0.25, 0.3) is 0 Å². The van der Waals surface area contributed by atoms with Gasteiger partial charge in [0.05, 0.1) is 12.4 Å². The maximum Gasteiger partial charge on any atom is 0.213 e. The molecule has 7 nitrogen and oxygen atoms in total. The van der Waals surface area contributed by atoms with Crippen molar-refractivity contribution < 1.29 is 13.2 Å². The van der Waals surface area contributed by atoms with Crippen LogP contribution in [0.25, 0.3) is 0 Å². The lowest BCUT2D eigenvalue weighted by Crippen LogP contribution is -2.42. The largest absolute Gasteiger partial charge is 0.380 e. The van der Waals surface area contributed by atoms with E-state index in [1.54, 1.807) is 7.05 Å². The van der Waals surface area contributed by atoms with Crippen LogP contribution in [0.2, 0.25) is 0 Å². The van der Waals surface area contributed by atoms with Gasteiger partial charge in [0.1, 0.15) is 0 Å². The molecule has 1 saturated carbocycles. The first-order chi connectivity index (χ1) is 11.4. The third kappa shape index (κ3) is 12.8. The molecule has 0 spiro atoms. The van der Waals surface area contributed by atoms with Gasteiger partial charge in [-0.3, -0.25) is 4.99 Å². The zero-order valence-electron chi connectivity index (χ0n) is 15.7. The highest BCUT2D eigenvalue weighted by Gasteiger charge is 2.19. The van der Waals surface area contributed by atoms with E-state index in [1.165, 1.54) is 6.42 Å². The third-order valence-electron chi connectivity index (χ3n) is 4.08. The van der Waals surface area contributed by atoms with Gasteiger partial charge in [-0.1, -0.05) is 20.3 Å². The van der Waals surface area contributed by atoms with Crippen LogP contribution in [0, 0.1) is 11.8 Å². The first-order valence-electron chi connectivity index (χ1n) is 8.92. The molecule has 0 unspecified atom stereocenters. The van der Waals surface area contributed by atoms with Crippen molar-refractivity contribution in [2.75, 3.05) is 45.6 Å². The summed E-state index contributed by atoms with van der Waals surface area (Å²) >= 11 is 0. The van der Waals surface area contributed by atoms with Gasteiger partial charge in [0.15, 0.2) is 5.96 Å². The van der Waals surface area contributed by atoms with Gasteiger partial charge in [-0.05, 0) is 31.1 Å². The summed E-state index contributed by atoms with van der Waals surface area (Å²) in [6.07, 6.45) is 4.54. The van der Waals surface area contributed by atoms with Gasteiger partial charge >= 0.3 is 0 Å². The highest BCUT2D eigenvalue weighted by molar-refractivity contribution is 14.0. The molecule has 1 rings (SSSR count). The number of aliphatic imine (C=N–C) groups is 1. The van der Waals surface area contributed by atoms with Gasteiger partial charge < -0.3 is 15.4 Å². The topological polar surface area (TPSA) is 91.8 Å². The number of rotatable bonds is 12. The average molecular weight is 490 g/mol. The van der Waals surface area contributed by atoms with Crippen molar-refractivity contribution in [2.45, 2.75) is 39.5 Å². The summed E-state index contributed by atoms with van der Waals surface area (Å²) in [6, 6.07) is 0. The monoisotopic (exact) mass is 490 g/mol. The molecule has 0 bridgehead atoms. The van der Waals surface area contributed by atoms with Gasteiger partial charge in [-0.2, -0.15) is 0 Å². The van der Waals surface area contributed by atoms with E-state index in [0.29, 0.717) is 44.0 Å². The van der Waals surface area contributed by atoms with Crippen LogP contribution in [0.3, 0.4) is 0 Å². The predicted octanol–water partition coefficient (Wildman–Crippen LogP) is 1.55. The second kappa shape index (κ2) is 14.0. The number of ether oxygens (including phenoxy) is 1. The SMILES string of the molecule is CN=C(NCCOCCC(C)C)NCCS(=O)(=O)NCC1CCC1.I. The molecule has 0 heterocycles. The third-order valence-corrected chi connectivity index (χ3v) is 5.43. The van der Waals surface area contributed by atoms with Crippen LogP contribution in [0.1, 0.15) is 39.5 Å². The van der Waals surface area contributed by atoms with Crippen molar-refractivity contribution in [1.82, 2.24) is 15.4 Å². The van der Waals surface area contributed by atoms with Crippen molar-refractivity contribution in [3.8, 4) is 0 Å². The van der Waals surface area contributed by atoms with Crippen molar-refractivity contribution in [2.24, 2.45) is 16.8 Å². The lowest BCUT2D eigenvalue weighted by Gasteiger charge is -2.25. The Kier molecular flexibility index (Phi) is 13.9. The summed E-state index contributed by atoms with van der Waals surface area (Å²) in [5.41, 5.74) is 0. The Labute approximate surface area is 170 Å². The maximum atomic E-state index is 11.9. The van der Waals surface area contributed by atoms with Gasteiger partial charge in [-0.15, -0.1) is 24.0 Å². The Bertz CT molecular complexity index is 468. The fourth-order valence-electron chi connectivity index (χ4n) is 2.20. The molecule has 0 amide bonds. The summed E-state index contributed by atoms with van der Waals surface area (Å²) in [5, 5.41) is 6.13. The molecule has 0 atom stereocenters. The highest BCUT2D eigenvalue weighted by Crippen LogP contribution is 2.25. The molecule has 25 heavy (non-hydrogen) atoms. The molecule has 150 valence electrons. The van der Waals surface area contributed by atoms with Crippen LogP contribution in [-0.2, 0) is 14.8 Å². The van der Waals surface area contributed by atoms with E-state index in [0.717, 1.165) is 25.9 Å². The van der Waals surface area contributed by atoms with Crippen molar-refractivity contribution in [1.29, 1.82) is 0 Å². The number of halogens is 1. The second-order valence-corrected chi connectivity index (χ2v) is 8.61. The fourth-order valence-corrected chi connectivity index (χ4v) is 3.21. The summed E-state index contributed by atoms with van der Waals surface area (Å²) < 4.78 is 32.0. The van der Waals surface area contributed by atoms with Crippen LogP contribution in [-0.4, -0.2) is 60.0 Å². The van der Waals surface area contributed by atoms with Gasteiger partial charge in [-0.25, -0.2) is 13.1 Å². The number of nitrogens with one attached hydrogen (secondary N) is 3. The van der Waals surface area contributed by atoms with E-state index in [-0.39, 0.29) is 29.7 Å².